The van der Waals surface area contributed by atoms with Gasteiger partial charge in [-0.3, -0.25) is 10.3 Å². The molecule has 0 aliphatic heterocycles. The minimum Gasteiger partial charge on any atom is -0.464 e. The topological polar surface area (TPSA) is 96.0 Å². The molecule has 1 aromatic heterocycles. The maximum atomic E-state index is 12.2. The number of nitrogens with zero attached hydrogens (tertiary/aromatic N) is 1. The first-order chi connectivity index (χ1) is 17.2. The van der Waals surface area contributed by atoms with Crippen LogP contribution in [0.1, 0.15) is 70.6 Å². The molecule has 3 rings (SSSR count). The number of para-hydroxylation sites is 1. The van der Waals surface area contributed by atoms with Gasteiger partial charge in [-0.15, -0.1) is 0 Å². The van der Waals surface area contributed by atoms with Gasteiger partial charge < -0.3 is 18.9 Å². The van der Waals surface area contributed by atoms with Crippen molar-refractivity contribution in [3.8, 4) is 5.75 Å². The molecular formula is C28H36N2O6. The Hall–Kier alpha value is -3.39. The van der Waals surface area contributed by atoms with Crippen molar-refractivity contribution in [2.45, 2.75) is 77.6 Å². The maximum absolute atomic E-state index is 12.2. The van der Waals surface area contributed by atoms with Crippen molar-refractivity contribution >= 4 is 17.7 Å². The van der Waals surface area contributed by atoms with Crippen LogP contribution in [0.2, 0.25) is 0 Å². The lowest BCUT2D eigenvalue weighted by Gasteiger charge is -2.29. The molecule has 1 amide bonds. The number of benzene rings is 1. The van der Waals surface area contributed by atoms with E-state index in [1.54, 1.807) is 25.3 Å². The molecule has 0 unspecified atom stereocenters. The van der Waals surface area contributed by atoms with E-state index in [9.17, 15) is 9.59 Å². The summed E-state index contributed by atoms with van der Waals surface area (Å²) in [5.41, 5.74) is 1.79. The van der Waals surface area contributed by atoms with Gasteiger partial charge in [0.15, 0.2) is 0 Å². The van der Waals surface area contributed by atoms with Crippen LogP contribution in [0.15, 0.2) is 54.9 Å². The van der Waals surface area contributed by atoms with Crippen LogP contribution in [0.3, 0.4) is 0 Å². The third-order valence-electron chi connectivity index (χ3n) is 5.70. The van der Waals surface area contributed by atoms with Crippen LogP contribution in [0.25, 0.3) is 0 Å². The minimum absolute atomic E-state index is 0.106. The summed E-state index contributed by atoms with van der Waals surface area (Å²) < 4.78 is 22.2. The summed E-state index contributed by atoms with van der Waals surface area (Å²) in [7, 11) is 0. The number of anilines is 1. The van der Waals surface area contributed by atoms with E-state index < -0.39 is 17.7 Å². The minimum atomic E-state index is -0.581. The number of esters is 1. The second kappa shape index (κ2) is 13.1. The van der Waals surface area contributed by atoms with E-state index in [-0.39, 0.29) is 6.10 Å². The Morgan fingerprint density at radius 1 is 1.08 bits per heavy atom. The fraction of sp³-hybridized carbons (Fsp3) is 0.464. The molecule has 36 heavy (non-hydrogen) atoms. The van der Waals surface area contributed by atoms with Gasteiger partial charge in [-0.2, -0.15) is 0 Å². The highest BCUT2D eigenvalue weighted by atomic mass is 16.6. The van der Waals surface area contributed by atoms with E-state index in [0.29, 0.717) is 30.5 Å². The Morgan fingerprint density at radius 3 is 2.56 bits per heavy atom. The Labute approximate surface area is 213 Å². The standard InChI is InChI=1S/C28H36N2O6/c1-5-33-26(31)16-18-34-25-11-7-6-9-22(25)20-12-14-21(15-13-20)35-19-24-23(10-8-17-29-24)30-27(32)36-28(2,3)4/h6-11,16-18,20-21H,5,12-15,19H2,1-4H3,(H,30,32)/b18-16+. The van der Waals surface area contributed by atoms with Gasteiger partial charge in [0, 0.05) is 6.20 Å². The average Bonchev–Trinajstić information content (AvgIpc) is 2.83. The first-order valence-corrected chi connectivity index (χ1v) is 12.4. The van der Waals surface area contributed by atoms with Gasteiger partial charge in [-0.05, 0) is 83.1 Å². The normalized spacial score (nSPS) is 18.0. The molecule has 1 saturated carbocycles. The molecule has 0 atom stereocenters. The number of hydrogen-bond donors (Lipinski definition) is 1. The number of hydrogen-bond acceptors (Lipinski definition) is 7. The monoisotopic (exact) mass is 496 g/mol. The highest BCUT2D eigenvalue weighted by molar-refractivity contribution is 5.85. The molecule has 0 radical (unpaired) electrons. The molecule has 1 fully saturated rings. The van der Waals surface area contributed by atoms with E-state index in [4.69, 9.17) is 18.9 Å². The number of ether oxygens (including phenoxy) is 4. The quantitative estimate of drug-likeness (QED) is 0.253. The number of aromatic nitrogens is 1. The van der Waals surface area contributed by atoms with Crippen molar-refractivity contribution in [2.75, 3.05) is 11.9 Å². The summed E-state index contributed by atoms with van der Waals surface area (Å²) in [5.74, 6) is 0.662. The Kier molecular flexibility index (Phi) is 9.87. The summed E-state index contributed by atoms with van der Waals surface area (Å²) in [6.45, 7) is 7.85. The van der Waals surface area contributed by atoms with Gasteiger partial charge in [0.1, 0.15) is 11.4 Å². The molecule has 1 aromatic carbocycles. The molecule has 194 valence electrons. The predicted octanol–water partition coefficient (Wildman–Crippen LogP) is 6.13. The van der Waals surface area contributed by atoms with Gasteiger partial charge in [-0.25, -0.2) is 9.59 Å². The first kappa shape index (κ1) is 27.2. The summed E-state index contributed by atoms with van der Waals surface area (Å²) in [5, 5.41) is 2.77. The van der Waals surface area contributed by atoms with Crippen LogP contribution < -0.4 is 10.1 Å². The van der Waals surface area contributed by atoms with Gasteiger partial charge in [-0.1, -0.05) is 18.2 Å². The summed E-state index contributed by atoms with van der Waals surface area (Å²) in [6, 6.07) is 11.5. The largest absolute Gasteiger partial charge is 0.464 e. The first-order valence-electron chi connectivity index (χ1n) is 12.4. The van der Waals surface area contributed by atoms with Crippen LogP contribution in [-0.4, -0.2) is 35.4 Å². The SMILES string of the molecule is CCOC(=O)/C=C/Oc1ccccc1C1CCC(OCc2ncccc2NC(=O)OC(C)(C)C)CC1. The number of pyridine rings is 1. The second-order valence-electron chi connectivity index (χ2n) is 9.62. The number of rotatable bonds is 9. The van der Waals surface area contributed by atoms with Gasteiger partial charge >= 0.3 is 12.1 Å². The van der Waals surface area contributed by atoms with E-state index in [0.717, 1.165) is 37.0 Å². The van der Waals surface area contributed by atoms with Crippen molar-refractivity contribution < 1.29 is 28.5 Å². The predicted molar refractivity (Wildman–Crippen MR) is 137 cm³/mol. The highest BCUT2D eigenvalue weighted by Gasteiger charge is 2.25. The molecule has 1 aliphatic carbocycles. The fourth-order valence-electron chi connectivity index (χ4n) is 4.10. The van der Waals surface area contributed by atoms with Crippen LogP contribution in [0.5, 0.6) is 5.75 Å². The average molecular weight is 497 g/mol. The number of nitrogens with one attached hydrogen (secondary N) is 1. The molecule has 1 aliphatic rings. The Balaban J connectivity index is 1.52. The molecule has 1 N–H and O–H groups in total. The molecule has 2 aromatic rings. The van der Waals surface area contributed by atoms with Crippen molar-refractivity contribution in [1.82, 2.24) is 4.98 Å². The van der Waals surface area contributed by atoms with E-state index in [1.807, 2.05) is 39.0 Å². The zero-order valence-corrected chi connectivity index (χ0v) is 21.5. The van der Waals surface area contributed by atoms with Crippen LogP contribution in [0, 0.1) is 0 Å². The second-order valence-corrected chi connectivity index (χ2v) is 9.62. The van der Waals surface area contributed by atoms with E-state index in [1.165, 1.54) is 12.3 Å². The number of carbonyl (C=O) groups is 2. The van der Waals surface area contributed by atoms with Crippen molar-refractivity contribution in [3.05, 3.63) is 66.2 Å². The lowest BCUT2D eigenvalue weighted by molar-refractivity contribution is -0.137. The van der Waals surface area contributed by atoms with Crippen LogP contribution in [0.4, 0.5) is 10.5 Å². The van der Waals surface area contributed by atoms with Crippen LogP contribution in [-0.2, 0) is 25.6 Å². The van der Waals surface area contributed by atoms with E-state index in [2.05, 4.69) is 16.4 Å². The third kappa shape index (κ3) is 8.68. The zero-order valence-electron chi connectivity index (χ0n) is 21.5. The Bertz CT molecular complexity index is 1040. The Morgan fingerprint density at radius 2 is 1.83 bits per heavy atom. The molecular weight excluding hydrogens is 460 g/mol. The molecule has 1 heterocycles. The molecule has 0 saturated heterocycles. The zero-order chi connectivity index (χ0) is 26.0. The lowest BCUT2D eigenvalue weighted by atomic mass is 9.82. The van der Waals surface area contributed by atoms with Crippen molar-refractivity contribution in [3.63, 3.8) is 0 Å². The van der Waals surface area contributed by atoms with E-state index >= 15 is 0 Å². The third-order valence-corrected chi connectivity index (χ3v) is 5.70. The number of amides is 1. The van der Waals surface area contributed by atoms with Gasteiger partial charge in [0.05, 0.1) is 43.0 Å². The lowest BCUT2D eigenvalue weighted by Crippen LogP contribution is -2.27. The van der Waals surface area contributed by atoms with Crippen molar-refractivity contribution in [1.29, 1.82) is 0 Å². The maximum Gasteiger partial charge on any atom is 0.412 e. The molecule has 0 bridgehead atoms. The molecule has 8 heteroatoms. The molecule has 8 nitrogen and oxygen atoms in total. The van der Waals surface area contributed by atoms with Crippen LogP contribution >= 0.6 is 0 Å². The molecule has 0 spiro atoms. The van der Waals surface area contributed by atoms with Gasteiger partial charge in [0.2, 0.25) is 0 Å². The summed E-state index contributed by atoms with van der Waals surface area (Å²) in [6.07, 6.45) is 7.65. The highest BCUT2D eigenvalue weighted by Crippen LogP contribution is 2.38. The summed E-state index contributed by atoms with van der Waals surface area (Å²) in [4.78, 5) is 28.1. The summed E-state index contributed by atoms with van der Waals surface area (Å²) >= 11 is 0. The number of carbonyl (C=O) groups excluding carboxylic acids is 2. The van der Waals surface area contributed by atoms with Crippen molar-refractivity contribution in [2.24, 2.45) is 0 Å². The smallest absolute Gasteiger partial charge is 0.412 e. The fourth-order valence-corrected chi connectivity index (χ4v) is 4.10. The van der Waals surface area contributed by atoms with Gasteiger partial charge in [0.25, 0.3) is 0 Å².